The van der Waals surface area contributed by atoms with E-state index in [4.69, 9.17) is 9.47 Å². The van der Waals surface area contributed by atoms with Crippen molar-refractivity contribution in [2.45, 2.75) is 63.4 Å². The van der Waals surface area contributed by atoms with Crippen molar-refractivity contribution < 1.29 is 14.3 Å². The fourth-order valence-corrected chi connectivity index (χ4v) is 5.45. The first-order valence-corrected chi connectivity index (χ1v) is 8.98. The molecular weight excluding hydrogens is 264 g/mol. The van der Waals surface area contributed by atoms with Crippen molar-refractivity contribution in [2.75, 3.05) is 19.8 Å². The Morgan fingerprint density at radius 2 is 1.90 bits per heavy atom. The fraction of sp³-hybridized carbons (Fsp3) is 0.944. The standard InChI is InChI=1S/C18H28O3/c19-17(11-16-10-13-1-2-14(16)9-13)15-3-6-21-18(12-15)4-7-20-8-5-18/h13-16H,1-12H2. The number of carbonyl (C=O) groups excluding carboxylic acids is 1. The van der Waals surface area contributed by atoms with Gasteiger partial charge in [-0.2, -0.15) is 0 Å². The molecule has 21 heavy (non-hydrogen) atoms. The van der Waals surface area contributed by atoms with Gasteiger partial charge in [-0.3, -0.25) is 4.79 Å². The summed E-state index contributed by atoms with van der Waals surface area (Å²) in [7, 11) is 0. The number of ether oxygens (including phenoxy) is 2. The summed E-state index contributed by atoms with van der Waals surface area (Å²) in [5.74, 6) is 3.34. The maximum atomic E-state index is 12.8. The molecule has 3 heteroatoms. The van der Waals surface area contributed by atoms with Crippen LogP contribution in [0.5, 0.6) is 0 Å². The van der Waals surface area contributed by atoms with E-state index in [2.05, 4.69) is 0 Å². The molecule has 0 amide bonds. The zero-order valence-electron chi connectivity index (χ0n) is 13.0. The third-order valence-electron chi connectivity index (χ3n) is 6.70. The first-order chi connectivity index (χ1) is 10.2. The summed E-state index contributed by atoms with van der Waals surface area (Å²) in [5, 5.41) is 0. The fourth-order valence-electron chi connectivity index (χ4n) is 5.45. The number of hydrogen-bond donors (Lipinski definition) is 0. The molecule has 4 fully saturated rings. The van der Waals surface area contributed by atoms with Crippen LogP contribution in [-0.4, -0.2) is 31.2 Å². The molecule has 3 nitrogen and oxygen atoms in total. The highest BCUT2D eigenvalue weighted by molar-refractivity contribution is 5.81. The third kappa shape index (κ3) is 2.79. The molecule has 4 unspecified atom stereocenters. The third-order valence-corrected chi connectivity index (χ3v) is 6.70. The van der Waals surface area contributed by atoms with Gasteiger partial charge in [0, 0.05) is 32.2 Å². The van der Waals surface area contributed by atoms with Crippen LogP contribution in [0.4, 0.5) is 0 Å². The second-order valence-electron chi connectivity index (χ2n) is 7.94. The summed E-state index contributed by atoms with van der Waals surface area (Å²) in [6.07, 6.45) is 10.3. The molecule has 4 atom stereocenters. The molecule has 4 aliphatic rings. The highest BCUT2D eigenvalue weighted by Gasteiger charge is 2.44. The van der Waals surface area contributed by atoms with Gasteiger partial charge in [0.1, 0.15) is 5.78 Å². The lowest BCUT2D eigenvalue weighted by atomic mass is 9.76. The molecule has 0 N–H and O–H groups in total. The minimum Gasteiger partial charge on any atom is -0.381 e. The normalized spacial score (nSPS) is 41.5. The molecule has 0 aromatic rings. The van der Waals surface area contributed by atoms with Gasteiger partial charge in [0.15, 0.2) is 0 Å². The summed E-state index contributed by atoms with van der Waals surface area (Å²) in [5.41, 5.74) is -0.0362. The Balaban J connectivity index is 1.35. The Labute approximate surface area is 127 Å². The number of carbonyl (C=O) groups is 1. The predicted octanol–water partition coefficient (Wildman–Crippen LogP) is 3.36. The number of rotatable bonds is 3. The van der Waals surface area contributed by atoms with Gasteiger partial charge < -0.3 is 9.47 Å². The summed E-state index contributed by atoms with van der Waals surface area (Å²) in [6.45, 7) is 2.37. The van der Waals surface area contributed by atoms with Gasteiger partial charge in [0.05, 0.1) is 5.60 Å². The first-order valence-electron chi connectivity index (χ1n) is 8.98. The monoisotopic (exact) mass is 292 g/mol. The highest BCUT2D eigenvalue weighted by atomic mass is 16.5. The molecule has 0 radical (unpaired) electrons. The molecule has 2 aliphatic carbocycles. The van der Waals surface area contributed by atoms with E-state index >= 15 is 0 Å². The molecule has 2 bridgehead atoms. The van der Waals surface area contributed by atoms with Crippen LogP contribution in [-0.2, 0) is 14.3 Å². The van der Waals surface area contributed by atoms with E-state index in [-0.39, 0.29) is 11.5 Å². The number of Topliss-reactive ketones (excluding diaryl/α,β-unsaturated/α-hetero) is 1. The number of fused-ring (bicyclic) bond motifs is 2. The van der Waals surface area contributed by atoms with Crippen molar-refractivity contribution in [3.63, 3.8) is 0 Å². The van der Waals surface area contributed by atoms with Crippen LogP contribution >= 0.6 is 0 Å². The Morgan fingerprint density at radius 3 is 2.62 bits per heavy atom. The first kappa shape index (κ1) is 14.2. The Morgan fingerprint density at radius 1 is 1.05 bits per heavy atom. The van der Waals surface area contributed by atoms with Gasteiger partial charge >= 0.3 is 0 Å². The molecular formula is C18H28O3. The zero-order chi connectivity index (χ0) is 14.3. The minimum absolute atomic E-state index is 0.0362. The van der Waals surface area contributed by atoms with Gasteiger partial charge in [-0.25, -0.2) is 0 Å². The lowest BCUT2D eigenvalue weighted by Crippen LogP contribution is -2.46. The second kappa shape index (κ2) is 5.66. The van der Waals surface area contributed by atoms with E-state index in [1.807, 2.05) is 0 Å². The van der Waals surface area contributed by atoms with Gasteiger partial charge in [0.2, 0.25) is 0 Å². The Hall–Kier alpha value is -0.410. The molecule has 2 saturated heterocycles. The lowest BCUT2D eigenvalue weighted by molar-refractivity contribution is -0.157. The van der Waals surface area contributed by atoms with Crippen LogP contribution in [0.15, 0.2) is 0 Å². The Kier molecular flexibility index (Phi) is 3.83. The van der Waals surface area contributed by atoms with Crippen LogP contribution in [0.2, 0.25) is 0 Å². The van der Waals surface area contributed by atoms with Crippen LogP contribution in [0, 0.1) is 23.7 Å². The van der Waals surface area contributed by atoms with E-state index in [0.717, 1.165) is 63.8 Å². The van der Waals surface area contributed by atoms with E-state index in [1.54, 1.807) is 0 Å². The van der Waals surface area contributed by atoms with Crippen LogP contribution in [0.1, 0.15) is 57.8 Å². The van der Waals surface area contributed by atoms with Crippen molar-refractivity contribution in [1.29, 1.82) is 0 Å². The molecule has 2 saturated carbocycles. The minimum atomic E-state index is -0.0362. The summed E-state index contributed by atoms with van der Waals surface area (Å²) in [4.78, 5) is 12.8. The SMILES string of the molecule is O=C(CC1CC2CCC1C2)C1CCOC2(CCOCC2)C1. The molecule has 118 valence electrons. The average Bonchev–Trinajstić information content (AvgIpc) is 3.11. The molecule has 1 spiro atoms. The summed E-state index contributed by atoms with van der Waals surface area (Å²) < 4.78 is 11.5. The topological polar surface area (TPSA) is 35.5 Å². The Bertz CT molecular complexity index is 394. The van der Waals surface area contributed by atoms with Crippen molar-refractivity contribution in [2.24, 2.45) is 23.7 Å². The predicted molar refractivity (Wildman–Crippen MR) is 80.0 cm³/mol. The lowest BCUT2D eigenvalue weighted by Gasteiger charge is -2.43. The molecule has 0 aromatic heterocycles. The van der Waals surface area contributed by atoms with Crippen molar-refractivity contribution in [3.8, 4) is 0 Å². The van der Waals surface area contributed by atoms with Gasteiger partial charge in [-0.1, -0.05) is 6.42 Å². The van der Waals surface area contributed by atoms with Gasteiger partial charge in [-0.05, 0) is 62.7 Å². The maximum absolute atomic E-state index is 12.8. The summed E-state index contributed by atoms with van der Waals surface area (Å²) in [6, 6.07) is 0. The second-order valence-corrected chi connectivity index (χ2v) is 7.94. The van der Waals surface area contributed by atoms with Crippen molar-refractivity contribution >= 4 is 5.78 Å². The average molecular weight is 292 g/mol. The molecule has 0 aromatic carbocycles. The molecule has 2 heterocycles. The molecule has 2 aliphatic heterocycles. The van der Waals surface area contributed by atoms with E-state index in [9.17, 15) is 4.79 Å². The van der Waals surface area contributed by atoms with Crippen LogP contribution in [0.3, 0.4) is 0 Å². The molecule has 4 rings (SSSR count). The quantitative estimate of drug-likeness (QED) is 0.800. The van der Waals surface area contributed by atoms with E-state index in [0.29, 0.717) is 11.7 Å². The summed E-state index contributed by atoms with van der Waals surface area (Å²) >= 11 is 0. The van der Waals surface area contributed by atoms with Crippen LogP contribution < -0.4 is 0 Å². The van der Waals surface area contributed by atoms with Gasteiger partial charge in [0.25, 0.3) is 0 Å². The number of hydrogen-bond acceptors (Lipinski definition) is 3. The highest BCUT2D eigenvalue weighted by Crippen LogP contribution is 2.50. The largest absolute Gasteiger partial charge is 0.381 e. The smallest absolute Gasteiger partial charge is 0.136 e. The maximum Gasteiger partial charge on any atom is 0.136 e. The van der Waals surface area contributed by atoms with Crippen molar-refractivity contribution in [3.05, 3.63) is 0 Å². The van der Waals surface area contributed by atoms with Crippen molar-refractivity contribution in [1.82, 2.24) is 0 Å². The van der Waals surface area contributed by atoms with Crippen LogP contribution in [0.25, 0.3) is 0 Å². The van der Waals surface area contributed by atoms with E-state index in [1.165, 1.54) is 25.7 Å². The number of ketones is 1. The zero-order valence-corrected chi connectivity index (χ0v) is 13.0. The van der Waals surface area contributed by atoms with E-state index < -0.39 is 0 Å². The van der Waals surface area contributed by atoms with Gasteiger partial charge in [-0.15, -0.1) is 0 Å².